The SMILES string of the molecule is COCCN1C(=O)C(=O)/C(=C(/O)c2c(C)nn(C)c2C)C1c1cccnc1. The number of aliphatic hydroxyl groups is 1. The van der Waals surface area contributed by atoms with Crippen LogP contribution < -0.4 is 0 Å². The Hall–Kier alpha value is -3.00. The lowest BCUT2D eigenvalue weighted by Crippen LogP contribution is -2.32. The molecule has 142 valence electrons. The molecule has 1 amide bonds. The molecular formula is C19H22N4O4. The van der Waals surface area contributed by atoms with E-state index in [2.05, 4.69) is 10.1 Å². The summed E-state index contributed by atoms with van der Waals surface area (Å²) in [6.07, 6.45) is 3.20. The average molecular weight is 370 g/mol. The van der Waals surface area contributed by atoms with E-state index in [1.807, 2.05) is 0 Å². The molecule has 0 aliphatic carbocycles. The number of aliphatic hydroxyl groups excluding tert-OH is 1. The van der Waals surface area contributed by atoms with Gasteiger partial charge in [0.15, 0.2) is 0 Å². The molecule has 2 aromatic rings. The van der Waals surface area contributed by atoms with Gasteiger partial charge in [0.2, 0.25) is 0 Å². The summed E-state index contributed by atoms with van der Waals surface area (Å²) in [5, 5.41) is 15.3. The van der Waals surface area contributed by atoms with Crippen LogP contribution in [0.3, 0.4) is 0 Å². The van der Waals surface area contributed by atoms with Gasteiger partial charge in [-0.05, 0) is 25.5 Å². The molecule has 0 radical (unpaired) electrons. The van der Waals surface area contributed by atoms with E-state index in [9.17, 15) is 14.7 Å². The second kappa shape index (κ2) is 7.32. The van der Waals surface area contributed by atoms with Crippen LogP contribution in [0, 0.1) is 13.8 Å². The van der Waals surface area contributed by atoms with Gasteiger partial charge >= 0.3 is 0 Å². The molecule has 2 aromatic heterocycles. The Morgan fingerprint density at radius 2 is 2.07 bits per heavy atom. The number of aromatic nitrogens is 3. The fraction of sp³-hybridized carbons (Fsp3) is 0.368. The second-order valence-electron chi connectivity index (χ2n) is 6.44. The van der Waals surface area contributed by atoms with Gasteiger partial charge in [-0.2, -0.15) is 5.10 Å². The third kappa shape index (κ3) is 3.12. The van der Waals surface area contributed by atoms with Crippen LogP contribution in [0.4, 0.5) is 0 Å². The standard InChI is InChI=1S/C19H22N4O4/c1-11-14(12(2)22(3)21-11)17(24)15-16(13-6-5-7-20-10-13)23(8-9-27-4)19(26)18(15)25/h5-7,10,16,24H,8-9H2,1-4H3/b17-15+. The van der Waals surface area contributed by atoms with Gasteiger partial charge in [-0.1, -0.05) is 6.07 Å². The highest BCUT2D eigenvalue weighted by atomic mass is 16.5. The van der Waals surface area contributed by atoms with Crippen LogP contribution in [0.15, 0.2) is 30.1 Å². The van der Waals surface area contributed by atoms with E-state index in [0.717, 1.165) is 0 Å². The van der Waals surface area contributed by atoms with Crippen molar-refractivity contribution in [2.45, 2.75) is 19.9 Å². The minimum absolute atomic E-state index is 0.0447. The third-order valence-electron chi connectivity index (χ3n) is 4.82. The van der Waals surface area contributed by atoms with Gasteiger partial charge in [-0.25, -0.2) is 0 Å². The molecule has 3 rings (SSSR count). The van der Waals surface area contributed by atoms with Crippen LogP contribution in [0.25, 0.3) is 5.76 Å². The summed E-state index contributed by atoms with van der Waals surface area (Å²) in [7, 11) is 3.28. The first-order chi connectivity index (χ1) is 12.9. The smallest absolute Gasteiger partial charge is 0.295 e. The number of ether oxygens (including phenoxy) is 1. The average Bonchev–Trinajstić information content (AvgIpc) is 3.06. The first-order valence-electron chi connectivity index (χ1n) is 8.56. The van der Waals surface area contributed by atoms with E-state index in [4.69, 9.17) is 4.74 Å². The zero-order chi connectivity index (χ0) is 19.7. The number of hydrogen-bond acceptors (Lipinski definition) is 6. The topological polar surface area (TPSA) is 97.5 Å². The van der Waals surface area contributed by atoms with E-state index >= 15 is 0 Å². The maximum Gasteiger partial charge on any atom is 0.295 e. The lowest BCUT2D eigenvalue weighted by Gasteiger charge is -2.24. The Bertz CT molecular complexity index is 917. The Labute approximate surface area is 157 Å². The zero-order valence-corrected chi connectivity index (χ0v) is 15.8. The van der Waals surface area contributed by atoms with Crippen LogP contribution in [0.1, 0.15) is 28.6 Å². The molecule has 0 aromatic carbocycles. The molecule has 1 saturated heterocycles. The van der Waals surface area contributed by atoms with Crippen LogP contribution in [0.5, 0.6) is 0 Å². The van der Waals surface area contributed by atoms with E-state index < -0.39 is 17.7 Å². The molecule has 27 heavy (non-hydrogen) atoms. The number of rotatable bonds is 5. The summed E-state index contributed by atoms with van der Waals surface area (Å²) in [5.74, 6) is -1.60. The number of methoxy groups -OCH3 is 1. The predicted molar refractivity (Wildman–Crippen MR) is 97.8 cm³/mol. The number of amides is 1. The van der Waals surface area contributed by atoms with Crippen molar-refractivity contribution in [1.82, 2.24) is 19.7 Å². The fourth-order valence-corrected chi connectivity index (χ4v) is 3.44. The highest BCUT2D eigenvalue weighted by molar-refractivity contribution is 6.46. The number of nitrogens with zero attached hydrogens (tertiary/aromatic N) is 4. The molecule has 1 aliphatic heterocycles. The second-order valence-corrected chi connectivity index (χ2v) is 6.44. The first-order valence-corrected chi connectivity index (χ1v) is 8.56. The van der Waals surface area contributed by atoms with Gasteiger partial charge in [0.25, 0.3) is 11.7 Å². The predicted octanol–water partition coefficient (Wildman–Crippen LogP) is 1.50. The lowest BCUT2D eigenvalue weighted by molar-refractivity contribution is -0.140. The molecule has 0 saturated carbocycles. The van der Waals surface area contributed by atoms with E-state index in [-0.39, 0.29) is 24.5 Å². The number of pyridine rings is 1. The van der Waals surface area contributed by atoms with E-state index in [0.29, 0.717) is 22.5 Å². The molecule has 1 atom stereocenters. The van der Waals surface area contributed by atoms with Crippen molar-refractivity contribution in [3.63, 3.8) is 0 Å². The van der Waals surface area contributed by atoms with Crippen molar-refractivity contribution < 1.29 is 19.4 Å². The number of likely N-dealkylation sites (tertiary alicyclic amines) is 1. The summed E-state index contributed by atoms with van der Waals surface area (Å²) in [6, 6.07) is 2.78. The molecule has 8 nitrogen and oxygen atoms in total. The third-order valence-corrected chi connectivity index (χ3v) is 4.82. The van der Waals surface area contributed by atoms with Crippen LogP contribution >= 0.6 is 0 Å². The van der Waals surface area contributed by atoms with Crippen molar-refractivity contribution in [2.75, 3.05) is 20.3 Å². The van der Waals surface area contributed by atoms with Gasteiger partial charge in [-0.3, -0.25) is 19.3 Å². The zero-order valence-electron chi connectivity index (χ0n) is 15.8. The monoisotopic (exact) mass is 370 g/mol. The summed E-state index contributed by atoms with van der Waals surface area (Å²) in [4.78, 5) is 31.0. The van der Waals surface area contributed by atoms with Gasteiger partial charge in [0.05, 0.1) is 29.5 Å². The molecule has 1 aliphatic rings. The lowest BCUT2D eigenvalue weighted by atomic mass is 9.95. The Morgan fingerprint density at radius 3 is 2.63 bits per heavy atom. The molecule has 1 N–H and O–H groups in total. The van der Waals surface area contributed by atoms with Crippen LogP contribution in [-0.2, 0) is 21.4 Å². The highest BCUT2D eigenvalue weighted by Gasteiger charge is 2.46. The van der Waals surface area contributed by atoms with Gasteiger partial charge in [0, 0.05) is 38.8 Å². The van der Waals surface area contributed by atoms with Crippen molar-refractivity contribution >= 4 is 17.4 Å². The number of carbonyl (C=O) groups is 2. The number of ketones is 1. The van der Waals surface area contributed by atoms with Gasteiger partial charge in [-0.15, -0.1) is 0 Å². The minimum atomic E-state index is -0.729. The molecule has 1 unspecified atom stereocenters. The minimum Gasteiger partial charge on any atom is -0.507 e. The fourth-order valence-electron chi connectivity index (χ4n) is 3.44. The van der Waals surface area contributed by atoms with Crippen LogP contribution in [-0.4, -0.2) is 56.7 Å². The molecule has 0 spiro atoms. The number of carbonyl (C=O) groups excluding carboxylic acids is 2. The maximum absolute atomic E-state index is 12.8. The molecular weight excluding hydrogens is 348 g/mol. The van der Waals surface area contributed by atoms with Crippen molar-refractivity contribution in [3.8, 4) is 0 Å². The summed E-state index contributed by atoms with van der Waals surface area (Å²) >= 11 is 0. The van der Waals surface area contributed by atoms with Crippen molar-refractivity contribution in [2.24, 2.45) is 7.05 Å². The largest absolute Gasteiger partial charge is 0.507 e. The Balaban J connectivity index is 2.21. The summed E-state index contributed by atoms with van der Waals surface area (Å²) in [6.45, 7) is 4.05. The van der Waals surface area contributed by atoms with Crippen molar-refractivity contribution in [3.05, 3.63) is 52.6 Å². The summed E-state index contributed by atoms with van der Waals surface area (Å²) in [5.41, 5.74) is 2.45. The van der Waals surface area contributed by atoms with Gasteiger partial charge < -0.3 is 14.7 Å². The number of aryl methyl sites for hydroxylation is 2. The first kappa shape index (κ1) is 18.8. The Morgan fingerprint density at radius 1 is 1.33 bits per heavy atom. The summed E-state index contributed by atoms with van der Waals surface area (Å²) < 4.78 is 6.71. The number of hydrogen-bond donors (Lipinski definition) is 1. The number of Topliss-reactive ketones (excluding diaryl/α,β-unsaturated/α-hetero) is 1. The maximum atomic E-state index is 12.8. The van der Waals surface area contributed by atoms with Crippen molar-refractivity contribution in [1.29, 1.82) is 0 Å². The van der Waals surface area contributed by atoms with E-state index in [1.165, 1.54) is 12.0 Å². The Kier molecular flexibility index (Phi) is 5.09. The van der Waals surface area contributed by atoms with Gasteiger partial charge in [0.1, 0.15) is 5.76 Å². The quantitative estimate of drug-likeness (QED) is 0.487. The molecule has 1 fully saturated rings. The molecule has 8 heteroatoms. The van der Waals surface area contributed by atoms with E-state index in [1.54, 1.807) is 50.1 Å². The van der Waals surface area contributed by atoms with Crippen LogP contribution in [0.2, 0.25) is 0 Å². The highest BCUT2D eigenvalue weighted by Crippen LogP contribution is 2.39. The molecule has 3 heterocycles. The normalized spacial score (nSPS) is 19.1. The molecule has 0 bridgehead atoms.